The Balaban J connectivity index is 1.72. The van der Waals surface area contributed by atoms with E-state index in [4.69, 9.17) is 9.26 Å². The van der Waals surface area contributed by atoms with Gasteiger partial charge in [-0.05, 0) is 38.3 Å². The van der Waals surface area contributed by atoms with Crippen LogP contribution in [-0.4, -0.2) is 54.9 Å². The van der Waals surface area contributed by atoms with E-state index in [0.29, 0.717) is 5.92 Å². The number of rotatable bonds is 9. The minimum atomic E-state index is 0.706. The summed E-state index contributed by atoms with van der Waals surface area (Å²) in [5.74, 6) is 2.30. The zero-order valence-electron chi connectivity index (χ0n) is 13.3. The van der Waals surface area contributed by atoms with Crippen molar-refractivity contribution in [1.29, 1.82) is 0 Å². The average molecular weight is 296 g/mol. The molecule has 1 aliphatic rings. The lowest BCUT2D eigenvalue weighted by atomic mass is 9.98. The molecule has 1 aromatic heterocycles. The Morgan fingerprint density at radius 3 is 3.19 bits per heavy atom. The molecule has 6 heteroatoms. The van der Waals surface area contributed by atoms with E-state index in [1.54, 1.807) is 7.11 Å². The maximum absolute atomic E-state index is 5.25. The Kier molecular flexibility index (Phi) is 7.12. The first-order valence-corrected chi connectivity index (χ1v) is 8.05. The van der Waals surface area contributed by atoms with Crippen molar-refractivity contribution < 1.29 is 9.26 Å². The highest BCUT2D eigenvalue weighted by Crippen LogP contribution is 2.17. The molecular weight excluding hydrogens is 268 g/mol. The number of methoxy groups -OCH3 is 1. The number of nitrogens with one attached hydrogen (secondary N) is 1. The smallest absolute Gasteiger partial charge is 0.226 e. The second kappa shape index (κ2) is 9.12. The van der Waals surface area contributed by atoms with Gasteiger partial charge in [0.25, 0.3) is 0 Å². The molecule has 1 aliphatic heterocycles. The number of aryl methyl sites for hydroxylation is 1. The van der Waals surface area contributed by atoms with Crippen LogP contribution in [0, 0.1) is 5.92 Å². The maximum Gasteiger partial charge on any atom is 0.226 e. The van der Waals surface area contributed by atoms with Gasteiger partial charge in [-0.2, -0.15) is 4.98 Å². The molecule has 2 heterocycles. The van der Waals surface area contributed by atoms with Gasteiger partial charge in [0.2, 0.25) is 5.89 Å². The molecule has 1 saturated heterocycles. The lowest BCUT2D eigenvalue weighted by Crippen LogP contribution is -2.39. The predicted molar refractivity (Wildman–Crippen MR) is 81.0 cm³/mol. The first-order valence-electron chi connectivity index (χ1n) is 8.05. The van der Waals surface area contributed by atoms with Crippen LogP contribution in [0.4, 0.5) is 0 Å². The quantitative estimate of drug-likeness (QED) is 0.696. The van der Waals surface area contributed by atoms with Gasteiger partial charge in [-0.15, -0.1) is 0 Å². The summed E-state index contributed by atoms with van der Waals surface area (Å²) in [5, 5.41) is 7.54. The first-order chi connectivity index (χ1) is 10.3. The Hall–Kier alpha value is -0.980. The van der Waals surface area contributed by atoms with Crippen molar-refractivity contribution in [3.63, 3.8) is 0 Å². The van der Waals surface area contributed by atoms with Gasteiger partial charge in [-0.1, -0.05) is 12.1 Å². The SMILES string of the molecule is CCCc1nc(CN2CCCC(CNCCOC)C2)no1. The van der Waals surface area contributed by atoms with Crippen LogP contribution < -0.4 is 5.32 Å². The summed E-state index contributed by atoms with van der Waals surface area (Å²) in [6, 6.07) is 0. The summed E-state index contributed by atoms with van der Waals surface area (Å²) in [5.41, 5.74) is 0. The zero-order chi connectivity index (χ0) is 14.9. The third-order valence-corrected chi connectivity index (χ3v) is 3.86. The molecule has 1 unspecified atom stereocenters. The van der Waals surface area contributed by atoms with Crippen molar-refractivity contribution in [3.8, 4) is 0 Å². The minimum Gasteiger partial charge on any atom is -0.383 e. The predicted octanol–water partition coefficient (Wildman–Crippen LogP) is 1.47. The highest BCUT2D eigenvalue weighted by Gasteiger charge is 2.21. The van der Waals surface area contributed by atoms with E-state index >= 15 is 0 Å². The van der Waals surface area contributed by atoms with E-state index in [2.05, 4.69) is 27.3 Å². The molecule has 1 aromatic rings. The fourth-order valence-corrected chi connectivity index (χ4v) is 2.81. The summed E-state index contributed by atoms with van der Waals surface area (Å²) in [4.78, 5) is 6.89. The fraction of sp³-hybridized carbons (Fsp3) is 0.867. The van der Waals surface area contributed by atoms with Crippen molar-refractivity contribution in [3.05, 3.63) is 11.7 Å². The second-order valence-electron chi connectivity index (χ2n) is 5.79. The third-order valence-electron chi connectivity index (χ3n) is 3.86. The van der Waals surface area contributed by atoms with Crippen molar-refractivity contribution >= 4 is 0 Å². The lowest BCUT2D eigenvalue weighted by molar-refractivity contribution is 0.155. The van der Waals surface area contributed by atoms with E-state index in [9.17, 15) is 0 Å². The van der Waals surface area contributed by atoms with Crippen molar-refractivity contribution in [2.75, 3.05) is 39.9 Å². The van der Waals surface area contributed by atoms with E-state index in [-0.39, 0.29) is 0 Å². The van der Waals surface area contributed by atoms with E-state index in [1.807, 2.05) is 0 Å². The Morgan fingerprint density at radius 1 is 1.48 bits per heavy atom. The number of nitrogens with zero attached hydrogens (tertiary/aromatic N) is 3. The summed E-state index contributed by atoms with van der Waals surface area (Å²) in [7, 11) is 1.74. The maximum atomic E-state index is 5.25. The molecule has 0 aliphatic carbocycles. The van der Waals surface area contributed by atoms with Crippen LogP contribution in [0.5, 0.6) is 0 Å². The standard InChI is InChI=1S/C15H28N4O2/c1-3-5-15-17-14(18-21-15)12-19-8-4-6-13(11-19)10-16-7-9-20-2/h13,16H,3-12H2,1-2H3. The molecule has 0 spiro atoms. The van der Waals surface area contributed by atoms with Crippen molar-refractivity contribution in [2.45, 2.75) is 39.2 Å². The summed E-state index contributed by atoms with van der Waals surface area (Å²) in [6.45, 7) is 7.94. The zero-order valence-corrected chi connectivity index (χ0v) is 13.3. The molecule has 6 nitrogen and oxygen atoms in total. The molecule has 0 amide bonds. The topological polar surface area (TPSA) is 63.4 Å². The number of aromatic nitrogens is 2. The van der Waals surface area contributed by atoms with Crippen molar-refractivity contribution in [2.24, 2.45) is 5.92 Å². The van der Waals surface area contributed by atoms with Gasteiger partial charge in [-0.25, -0.2) is 0 Å². The molecule has 2 rings (SSSR count). The number of ether oxygens (including phenoxy) is 1. The van der Waals surface area contributed by atoms with Gasteiger partial charge in [0.15, 0.2) is 5.82 Å². The summed E-state index contributed by atoms with van der Waals surface area (Å²) in [6.07, 6.45) is 4.46. The number of hydrogen-bond donors (Lipinski definition) is 1. The largest absolute Gasteiger partial charge is 0.383 e. The fourth-order valence-electron chi connectivity index (χ4n) is 2.81. The molecule has 1 atom stereocenters. The average Bonchev–Trinajstić information content (AvgIpc) is 2.92. The molecule has 0 bridgehead atoms. The molecule has 0 radical (unpaired) electrons. The number of hydrogen-bond acceptors (Lipinski definition) is 6. The van der Waals surface area contributed by atoms with Crippen LogP contribution in [0.15, 0.2) is 4.52 Å². The van der Waals surface area contributed by atoms with E-state index in [0.717, 1.165) is 63.9 Å². The Bertz CT molecular complexity index is 397. The van der Waals surface area contributed by atoms with Crippen LogP contribution in [0.2, 0.25) is 0 Å². The van der Waals surface area contributed by atoms with Gasteiger partial charge in [0, 0.05) is 26.6 Å². The van der Waals surface area contributed by atoms with Crippen molar-refractivity contribution in [1.82, 2.24) is 20.4 Å². The Morgan fingerprint density at radius 2 is 2.38 bits per heavy atom. The number of piperidine rings is 1. The van der Waals surface area contributed by atoms with Gasteiger partial charge < -0.3 is 14.6 Å². The molecule has 1 fully saturated rings. The van der Waals surface area contributed by atoms with Crippen LogP contribution in [0.3, 0.4) is 0 Å². The van der Waals surface area contributed by atoms with E-state index in [1.165, 1.54) is 12.8 Å². The highest BCUT2D eigenvalue weighted by atomic mass is 16.5. The van der Waals surface area contributed by atoms with Crippen LogP contribution in [0.1, 0.15) is 37.9 Å². The monoisotopic (exact) mass is 296 g/mol. The van der Waals surface area contributed by atoms with E-state index < -0.39 is 0 Å². The van der Waals surface area contributed by atoms with Crippen LogP contribution in [-0.2, 0) is 17.7 Å². The normalized spacial score (nSPS) is 20.0. The molecule has 0 aromatic carbocycles. The number of likely N-dealkylation sites (tertiary alicyclic amines) is 1. The molecular formula is C15H28N4O2. The van der Waals surface area contributed by atoms with Crippen LogP contribution in [0.25, 0.3) is 0 Å². The third kappa shape index (κ3) is 5.73. The van der Waals surface area contributed by atoms with Gasteiger partial charge in [-0.3, -0.25) is 4.90 Å². The summed E-state index contributed by atoms with van der Waals surface area (Å²) < 4.78 is 10.3. The molecule has 1 N–H and O–H groups in total. The van der Waals surface area contributed by atoms with Gasteiger partial charge in [0.05, 0.1) is 13.2 Å². The van der Waals surface area contributed by atoms with Gasteiger partial charge >= 0.3 is 0 Å². The molecule has 21 heavy (non-hydrogen) atoms. The minimum absolute atomic E-state index is 0.706. The highest BCUT2D eigenvalue weighted by molar-refractivity contribution is 4.88. The van der Waals surface area contributed by atoms with Crippen LogP contribution >= 0.6 is 0 Å². The molecule has 120 valence electrons. The molecule has 0 saturated carbocycles. The Labute approximate surface area is 127 Å². The van der Waals surface area contributed by atoms with Gasteiger partial charge in [0.1, 0.15) is 0 Å². The summed E-state index contributed by atoms with van der Waals surface area (Å²) >= 11 is 0. The first kappa shape index (κ1) is 16.4. The second-order valence-corrected chi connectivity index (χ2v) is 5.79. The lowest BCUT2D eigenvalue weighted by Gasteiger charge is -2.32.